The van der Waals surface area contributed by atoms with Crippen LogP contribution in [-0.2, 0) is 23.9 Å². The van der Waals surface area contributed by atoms with Crippen LogP contribution >= 0.6 is 0 Å². The van der Waals surface area contributed by atoms with Crippen LogP contribution in [0.2, 0.25) is 0 Å². The zero-order valence-electron chi connectivity index (χ0n) is 21.3. The van der Waals surface area contributed by atoms with Gasteiger partial charge in [0.15, 0.2) is 5.65 Å². The fraction of sp³-hybridized carbons (Fsp3) is 0.519. The number of hydrogen-bond donors (Lipinski definition) is 1. The van der Waals surface area contributed by atoms with Crippen molar-refractivity contribution in [3.63, 3.8) is 0 Å². The Hall–Kier alpha value is -3.23. The molecule has 2 heterocycles. The van der Waals surface area contributed by atoms with Crippen LogP contribution in [0.1, 0.15) is 58.9 Å². The molecule has 0 saturated heterocycles. The fourth-order valence-corrected chi connectivity index (χ4v) is 5.03. The molecule has 1 amide bonds. The Labute approximate surface area is 208 Å². The Bertz CT molecular complexity index is 1400. The summed E-state index contributed by atoms with van der Waals surface area (Å²) in [6.45, 7) is 6.98. The smallest absolute Gasteiger partial charge is 0.408 e. The molecule has 1 N–H and O–H groups in total. The second-order valence-electron chi connectivity index (χ2n) is 11.5. The molecular formula is C27H32F2N4O3. The summed E-state index contributed by atoms with van der Waals surface area (Å²) in [7, 11) is 1.61. The predicted molar refractivity (Wildman–Crippen MR) is 133 cm³/mol. The highest BCUT2D eigenvalue weighted by Gasteiger charge is 2.68. The largest absolute Gasteiger partial charge is 0.444 e. The summed E-state index contributed by atoms with van der Waals surface area (Å²) in [6, 6.07) is 11.4. The number of alkyl halides is 2. The van der Waals surface area contributed by atoms with Crippen molar-refractivity contribution in [1.82, 2.24) is 19.4 Å². The number of aromatic nitrogens is 3. The fourth-order valence-electron chi connectivity index (χ4n) is 5.03. The molecule has 36 heavy (non-hydrogen) atoms. The first-order valence-electron chi connectivity index (χ1n) is 12.3. The number of aryl methyl sites for hydroxylation is 1. The number of halogens is 2. The number of rotatable bonds is 5. The number of benzene rings is 1. The SMILES string of the molecule is Cn1c(=O)n(CC2(C)CC2(F)F)c2ccc(-c3ccc(C4(NC(=O)OC(C)(C)C)CCC4)cc3)nc21. The van der Waals surface area contributed by atoms with Gasteiger partial charge >= 0.3 is 11.8 Å². The van der Waals surface area contributed by atoms with E-state index in [4.69, 9.17) is 9.72 Å². The van der Waals surface area contributed by atoms with Gasteiger partial charge in [-0.1, -0.05) is 31.2 Å². The van der Waals surface area contributed by atoms with Gasteiger partial charge in [-0.05, 0) is 57.7 Å². The van der Waals surface area contributed by atoms with Crippen molar-refractivity contribution in [1.29, 1.82) is 0 Å². The molecule has 192 valence electrons. The Morgan fingerprint density at radius 1 is 1.14 bits per heavy atom. The van der Waals surface area contributed by atoms with Crippen LogP contribution in [0.4, 0.5) is 13.6 Å². The van der Waals surface area contributed by atoms with Gasteiger partial charge in [0.2, 0.25) is 0 Å². The maximum absolute atomic E-state index is 13.8. The summed E-state index contributed by atoms with van der Waals surface area (Å²) in [4.78, 5) is 29.9. The molecule has 9 heteroatoms. The third-order valence-electron chi connectivity index (χ3n) is 7.54. The second kappa shape index (κ2) is 7.88. The molecule has 5 rings (SSSR count). The van der Waals surface area contributed by atoms with E-state index in [-0.39, 0.29) is 18.7 Å². The first kappa shape index (κ1) is 24.5. The lowest BCUT2D eigenvalue weighted by atomic mass is 9.72. The molecule has 1 aromatic carbocycles. The van der Waals surface area contributed by atoms with Gasteiger partial charge in [-0.2, -0.15) is 0 Å². The molecule has 0 spiro atoms. The number of hydrogen-bond acceptors (Lipinski definition) is 4. The minimum atomic E-state index is -2.75. The minimum absolute atomic E-state index is 0.0430. The van der Waals surface area contributed by atoms with Gasteiger partial charge in [-0.15, -0.1) is 0 Å². The first-order valence-corrected chi connectivity index (χ1v) is 12.3. The van der Waals surface area contributed by atoms with Crippen molar-refractivity contribution in [2.75, 3.05) is 0 Å². The van der Waals surface area contributed by atoms with E-state index in [9.17, 15) is 18.4 Å². The van der Waals surface area contributed by atoms with E-state index in [1.807, 2.05) is 45.0 Å². The van der Waals surface area contributed by atoms with Crippen LogP contribution in [0.25, 0.3) is 22.4 Å². The van der Waals surface area contributed by atoms with Crippen LogP contribution in [-0.4, -0.2) is 31.7 Å². The number of carbonyl (C=O) groups is 1. The highest BCUT2D eigenvalue weighted by molar-refractivity contribution is 5.76. The molecule has 2 aliphatic rings. The normalized spacial score (nSPS) is 22.2. The summed E-state index contributed by atoms with van der Waals surface area (Å²) >= 11 is 0. The number of carbonyl (C=O) groups excluding carboxylic acids is 1. The Balaban J connectivity index is 1.41. The molecule has 1 unspecified atom stereocenters. The average molecular weight is 499 g/mol. The zero-order chi connectivity index (χ0) is 26.1. The first-order chi connectivity index (χ1) is 16.7. The van der Waals surface area contributed by atoms with Crippen LogP contribution in [0.5, 0.6) is 0 Å². The lowest BCUT2D eigenvalue weighted by Crippen LogP contribution is -2.52. The number of imidazole rings is 1. The van der Waals surface area contributed by atoms with Gasteiger partial charge in [0.1, 0.15) is 5.60 Å². The molecule has 7 nitrogen and oxygen atoms in total. The van der Waals surface area contributed by atoms with Crippen molar-refractivity contribution in [3.05, 3.63) is 52.4 Å². The number of alkyl carbamates (subject to hydrolysis) is 1. The molecule has 0 aliphatic heterocycles. The predicted octanol–water partition coefficient (Wildman–Crippen LogP) is 5.35. The van der Waals surface area contributed by atoms with E-state index >= 15 is 0 Å². The summed E-state index contributed by atoms with van der Waals surface area (Å²) < 4.78 is 35.9. The number of ether oxygens (including phenoxy) is 1. The maximum atomic E-state index is 13.8. The van der Waals surface area contributed by atoms with Gasteiger partial charge in [0, 0.05) is 25.6 Å². The van der Waals surface area contributed by atoms with E-state index in [1.54, 1.807) is 19.2 Å². The molecule has 0 radical (unpaired) electrons. The van der Waals surface area contributed by atoms with Crippen molar-refractivity contribution in [3.8, 4) is 11.3 Å². The summed E-state index contributed by atoms with van der Waals surface area (Å²) in [5, 5.41) is 3.06. The number of amides is 1. The molecule has 3 aromatic rings. The number of nitrogens with zero attached hydrogens (tertiary/aromatic N) is 3. The van der Waals surface area contributed by atoms with Gasteiger partial charge in [-0.25, -0.2) is 23.4 Å². The van der Waals surface area contributed by atoms with Crippen molar-refractivity contribution in [2.45, 2.75) is 77.0 Å². The summed E-state index contributed by atoms with van der Waals surface area (Å²) in [6.07, 6.45) is 2.05. The van der Waals surface area contributed by atoms with E-state index in [0.29, 0.717) is 16.9 Å². The summed E-state index contributed by atoms with van der Waals surface area (Å²) in [5.41, 5.74) is 0.957. The van der Waals surface area contributed by atoms with Crippen LogP contribution in [0, 0.1) is 5.41 Å². The standard InChI is InChI=1S/C27H32F2N4O3/c1-24(2,3)36-22(34)31-26(13-6-14-26)18-9-7-17(8-10-18)19-11-12-20-21(30-19)32(5)23(35)33(20)16-25(4)15-27(25,28)29/h7-12H,6,13-16H2,1-5H3,(H,31,34). The van der Waals surface area contributed by atoms with Crippen LogP contribution < -0.4 is 11.0 Å². The molecule has 2 aliphatic carbocycles. The molecule has 1 atom stereocenters. The van der Waals surface area contributed by atoms with Gasteiger partial charge in [0.05, 0.1) is 22.2 Å². The Kier molecular flexibility index (Phi) is 5.36. The van der Waals surface area contributed by atoms with Crippen molar-refractivity contribution >= 4 is 17.3 Å². The zero-order valence-corrected chi connectivity index (χ0v) is 21.3. The quantitative estimate of drug-likeness (QED) is 0.514. The average Bonchev–Trinajstić information content (AvgIpc) is 3.19. The number of pyridine rings is 1. The molecule has 2 aromatic heterocycles. The van der Waals surface area contributed by atoms with Gasteiger partial charge in [-0.3, -0.25) is 9.13 Å². The molecule has 2 saturated carbocycles. The Morgan fingerprint density at radius 2 is 1.78 bits per heavy atom. The van der Waals surface area contributed by atoms with E-state index < -0.39 is 28.6 Å². The molecule has 2 fully saturated rings. The van der Waals surface area contributed by atoms with E-state index in [1.165, 1.54) is 16.1 Å². The highest BCUT2D eigenvalue weighted by Crippen LogP contribution is 2.61. The van der Waals surface area contributed by atoms with Crippen LogP contribution in [0.3, 0.4) is 0 Å². The monoisotopic (exact) mass is 498 g/mol. The molecular weight excluding hydrogens is 466 g/mol. The Morgan fingerprint density at radius 3 is 2.31 bits per heavy atom. The van der Waals surface area contributed by atoms with Crippen molar-refractivity contribution in [2.24, 2.45) is 12.5 Å². The van der Waals surface area contributed by atoms with Gasteiger partial charge in [0.25, 0.3) is 5.92 Å². The highest BCUT2D eigenvalue weighted by atomic mass is 19.3. The lowest BCUT2D eigenvalue weighted by molar-refractivity contribution is 0.0377. The van der Waals surface area contributed by atoms with E-state index in [2.05, 4.69) is 5.32 Å². The second-order valence-corrected chi connectivity index (χ2v) is 11.5. The van der Waals surface area contributed by atoms with Crippen LogP contribution in [0.15, 0.2) is 41.2 Å². The third-order valence-corrected chi connectivity index (χ3v) is 7.54. The minimum Gasteiger partial charge on any atom is -0.444 e. The molecule has 0 bridgehead atoms. The summed E-state index contributed by atoms with van der Waals surface area (Å²) in [5.74, 6) is -2.75. The van der Waals surface area contributed by atoms with Crippen molar-refractivity contribution < 1.29 is 18.3 Å². The maximum Gasteiger partial charge on any atom is 0.408 e. The van der Waals surface area contributed by atoms with E-state index in [0.717, 1.165) is 30.4 Å². The van der Waals surface area contributed by atoms with Gasteiger partial charge < -0.3 is 10.1 Å². The topological polar surface area (TPSA) is 78.2 Å². The lowest BCUT2D eigenvalue weighted by Gasteiger charge is -2.43. The number of fused-ring (bicyclic) bond motifs is 1. The third kappa shape index (κ3) is 4.08. The number of nitrogens with one attached hydrogen (secondary N) is 1.